The van der Waals surface area contributed by atoms with Crippen molar-refractivity contribution in [2.45, 2.75) is 19.9 Å². The summed E-state index contributed by atoms with van der Waals surface area (Å²) in [5, 5.41) is 2.57. The van der Waals surface area contributed by atoms with Gasteiger partial charge in [0.1, 0.15) is 17.6 Å². The Balaban J connectivity index is 1.61. The SMILES string of the molecule is CCOC(=O)C1=C(C)N=c2s/c(=C/c3ccc(-c4ccc(Cl)cc4)o3)c(=O)n2[C@@H]1c1cccs1. The van der Waals surface area contributed by atoms with Crippen LogP contribution in [0.1, 0.15) is 30.5 Å². The topological polar surface area (TPSA) is 73.8 Å². The van der Waals surface area contributed by atoms with Gasteiger partial charge in [0.2, 0.25) is 0 Å². The lowest BCUT2D eigenvalue weighted by atomic mass is 10.0. The number of allylic oxidation sites excluding steroid dienone is 1. The van der Waals surface area contributed by atoms with Gasteiger partial charge in [0.15, 0.2) is 4.80 Å². The molecule has 0 aliphatic carbocycles. The molecule has 172 valence electrons. The number of benzene rings is 1. The number of halogens is 1. The van der Waals surface area contributed by atoms with Crippen LogP contribution in [0.4, 0.5) is 0 Å². The Morgan fingerprint density at radius 2 is 2.03 bits per heavy atom. The molecule has 0 bridgehead atoms. The van der Waals surface area contributed by atoms with Crippen molar-refractivity contribution in [1.29, 1.82) is 0 Å². The molecule has 9 heteroatoms. The second-order valence-corrected chi connectivity index (χ2v) is 9.95. The normalized spacial score (nSPS) is 15.9. The van der Waals surface area contributed by atoms with E-state index in [1.54, 1.807) is 36.6 Å². The van der Waals surface area contributed by atoms with Crippen molar-refractivity contribution in [3.05, 3.63) is 101 Å². The Morgan fingerprint density at radius 1 is 1.24 bits per heavy atom. The number of carbonyl (C=O) groups excluding carboxylic acids is 1. The minimum absolute atomic E-state index is 0.235. The Bertz CT molecular complexity index is 1570. The lowest BCUT2D eigenvalue weighted by molar-refractivity contribution is -0.139. The summed E-state index contributed by atoms with van der Waals surface area (Å²) in [4.78, 5) is 32.3. The molecule has 0 radical (unpaired) electrons. The van der Waals surface area contributed by atoms with E-state index in [-0.39, 0.29) is 12.2 Å². The summed E-state index contributed by atoms with van der Waals surface area (Å²) < 4.78 is 13.3. The summed E-state index contributed by atoms with van der Waals surface area (Å²) in [6.07, 6.45) is 1.71. The number of carbonyl (C=O) groups is 1. The van der Waals surface area contributed by atoms with Crippen LogP contribution in [0, 0.1) is 0 Å². The maximum atomic E-state index is 13.5. The lowest BCUT2D eigenvalue weighted by Gasteiger charge is -2.23. The average molecular weight is 511 g/mol. The molecule has 4 aromatic rings. The van der Waals surface area contributed by atoms with E-state index in [2.05, 4.69) is 4.99 Å². The van der Waals surface area contributed by atoms with Crippen LogP contribution in [0.2, 0.25) is 5.02 Å². The Labute approximate surface area is 207 Å². The number of hydrogen-bond donors (Lipinski definition) is 0. The summed E-state index contributed by atoms with van der Waals surface area (Å²) in [6, 6.07) is 14.2. The molecule has 1 aromatic carbocycles. The van der Waals surface area contributed by atoms with E-state index in [9.17, 15) is 9.59 Å². The van der Waals surface area contributed by atoms with Crippen molar-refractivity contribution < 1.29 is 13.9 Å². The molecular weight excluding hydrogens is 492 g/mol. The number of furan rings is 1. The van der Waals surface area contributed by atoms with Crippen molar-refractivity contribution in [2.75, 3.05) is 6.61 Å². The van der Waals surface area contributed by atoms with Crippen molar-refractivity contribution in [3.8, 4) is 11.3 Å². The summed E-state index contributed by atoms with van der Waals surface area (Å²) in [5.74, 6) is 0.756. The van der Waals surface area contributed by atoms with Crippen molar-refractivity contribution >= 4 is 46.3 Å². The van der Waals surface area contributed by atoms with Gasteiger partial charge in [-0.3, -0.25) is 9.36 Å². The second kappa shape index (κ2) is 9.21. The third-order valence-corrected chi connectivity index (χ3v) is 7.52. The van der Waals surface area contributed by atoms with E-state index in [0.29, 0.717) is 37.1 Å². The first-order chi connectivity index (χ1) is 16.5. The lowest BCUT2D eigenvalue weighted by Crippen LogP contribution is -2.39. The van der Waals surface area contributed by atoms with Crippen LogP contribution in [0.15, 0.2) is 79.4 Å². The van der Waals surface area contributed by atoms with Crippen molar-refractivity contribution in [1.82, 2.24) is 4.57 Å². The molecule has 3 aromatic heterocycles. The highest BCUT2D eigenvalue weighted by Gasteiger charge is 2.33. The second-order valence-electron chi connectivity index (χ2n) is 7.53. The number of thiazole rings is 1. The number of rotatable bonds is 5. The molecule has 4 heterocycles. The highest BCUT2D eigenvalue weighted by molar-refractivity contribution is 7.10. The zero-order valence-electron chi connectivity index (χ0n) is 18.3. The highest BCUT2D eigenvalue weighted by atomic mass is 35.5. The van der Waals surface area contributed by atoms with E-state index in [1.807, 2.05) is 41.8 Å². The van der Waals surface area contributed by atoms with Gasteiger partial charge in [-0.05, 0) is 61.7 Å². The third kappa shape index (κ3) is 4.09. The Hall–Kier alpha value is -3.20. The first kappa shape index (κ1) is 22.6. The quantitative estimate of drug-likeness (QED) is 0.362. The predicted molar refractivity (Wildman–Crippen MR) is 134 cm³/mol. The van der Waals surface area contributed by atoms with Gasteiger partial charge < -0.3 is 9.15 Å². The molecule has 1 atom stereocenters. The van der Waals surface area contributed by atoms with Gasteiger partial charge in [-0.15, -0.1) is 11.3 Å². The summed E-state index contributed by atoms with van der Waals surface area (Å²) in [6.45, 7) is 3.77. The summed E-state index contributed by atoms with van der Waals surface area (Å²) in [5.41, 5.74) is 1.58. The van der Waals surface area contributed by atoms with Gasteiger partial charge in [0.05, 0.1) is 22.4 Å². The maximum Gasteiger partial charge on any atom is 0.338 e. The molecule has 1 aliphatic rings. The van der Waals surface area contributed by atoms with Crippen LogP contribution >= 0.6 is 34.3 Å². The fraction of sp³-hybridized carbons (Fsp3) is 0.160. The van der Waals surface area contributed by atoms with Crippen LogP contribution in [-0.4, -0.2) is 17.1 Å². The van der Waals surface area contributed by atoms with Gasteiger partial charge in [-0.2, -0.15) is 0 Å². The smallest absolute Gasteiger partial charge is 0.338 e. The van der Waals surface area contributed by atoms with E-state index in [1.165, 1.54) is 22.7 Å². The zero-order chi connectivity index (χ0) is 23.8. The van der Waals surface area contributed by atoms with Crippen LogP contribution in [-0.2, 0) is 9.53 Å². The minimum atomic E-state index is -0.585. The molecule has 6 nitrogen and oxygen atoms in total. The number of nitrogens with zero attached hydrogens (tertiary/aromatic N) is 2. The molecule has 1 aliphatic heterocycles. The van der Waals surface area contributed by atoms with Gasteiger partial charge in [-0.25, -0.2) is 9.79 Å². The molecule has 0 amide bonds. The van der Waals surface area contributed by atoms with Gasteiger partial charge in [0.25, 0.3) is 5.56 Å². The number of hydrogen-bond acceptors (Lipinski definition) is 7. The Kier molecular flexibility index (Phi) is 6.12. The summed E-state index contributed by atoms with van der Waals surface area (Å²) >= 11 is 8.72. The van der Waals surface area contributed by atoms with Gasteiger partial charge >= 0.3 is 5.97 Å². The van der Waals surface area contributed by atoms with E-state index in [0.717, 1.165) is 10.4 Å². The number of thiophene rings is 1. The first-order valence-electron chi connectivity index (χ1n) is 10.5. The van der Waals surface area contributed by atoms with E-state index < -0.39 is 12.0 Å². The number of esters is 1. The monoisotopic (exact) mass is 510 g/mol. The molecule has 0 saturated carbocycles. The van der Waals surface area contributed by atoms with E-state index >= 15 is 0 Å². The first-order valence-corrected chi connectivity index (χ1v) is 12.6. The fourth-order valence-corrected chi connectivity index (χ4v) is 5.81. The molecular formula is C25H19ClN2O4S2. The predicted octanol–water partition coefficient (Wildman–Crippen LogP) is 4.77. The highest BCUT2D eigenvalue weighted by Crippen LogP contribution is 2.33. The molecule has 0 unspecified atom stereocenters. The third-order valence-electron chi connectivity index (χ3n) is 5.36. The fourth-order valence-electron chi connectivity index (χ4n) is 3.84. The molecule has 34 heavy (non-hydrogen) atoms. The molecule has 0 spiro atoms. The number of ether oxygens (including phenoxy) is 1. The van der Waals surface area contributed by atoms with Crippen molar-refractivity contribution in [3.63, 3.8) is 0 Å². The zero-order valence-corrected chi connectivity index (χ0v) is 20.7. The molecule has 5 rings (SSSR count). The average Bonchev–Trinajstić information content (AvgIpc) is 3.56. The molecule has 0 fully saturated rings. The van der Waals surface area contributed by atoms with Gasteiger partial charge in [-0.1, -0.05) is 29.0 Å². The minimum Gasteiger partial charge on any atom is -0.463 e. The maximum absolute atomic E-state index is 13.5. The molecule has 0 saturated heterocycles. The van der Waals surface area contributed by atoms with Crippen LogP contribution in [0.25, 0.3) is 17.4 Å². The standard InChI is InChI=1S/C25H19ClN2O4S2/c1-3-31-24(30)21-14(2)27-25-28(22(21)19-5-4-12-33-19)23(29)20(34-25)13-17-10-11-18(32-17)15-6-8-16(26)9-7-15/h4-13,22H,3H2,1-2H3/b20-13+/t22-/m1/s1. The van der Waals surface area contributed by atoms with Crippen LogP contribution in [0.3, 0.4) is 0 Å². The van der Waals surface area contributed by atoms with Crippen molar-refractivity contribution in [2.24, 2.45) is 4.99 Å². The summed E-state index contributed by atoms with van der Waals surface area (Å²) in [7, 11) is 0. The van der Waals surface area contributed by atoms with E-state index in [4.69, 9.17) is 20.8 Å². The largest absolute Gasteiger partial charge is 0.463 e. The molecule has 0 N–H and O–H groups in total. The van der Waals surface area contributed by atoms with Crippen LogP contribution in [0.5, 0.6) is 0 Å². The number of aromatic nitrogens is 1. The van der Waals surface area contributed by atoms with Gasteiger partial charge in [0, 0.05) is 21.5 Å². The van der Waals surface area contributed by atoms with Crippen LogP contribution < -0.4 is 14.9 Å². The Morgan fingerprint density at radius 3 is 2.74 bits per heavy atom. The number of fused-ring (bicyclic) bond motifs is 1.